The van der Waals surface area contributed by atoms with E-state index in [0.29, 0.717) is 34.9 Å². The number of hydrogen-bond donors (Lipinski definition) is 2. The molecule has 1 atom stereocenters. The first-order chi connectivity index (χ1) is 12.4. The third-order valence-corrected chi connectivity index (χ3v) is 4.67. The van der Waals surface area contributed by atoms with Crippen molar-refractivity contribution in [1.82, 2.24) is 5.32 Å². The molecule has 0 aliphatic carbocycles. The van der Waals surface area contributed by atoms with Crippen molar-refractivity contribution >= 4 is 17.5 Å². The molecule has 1 amide bonds. The monoisotopic (exact) mass is 375 g/mol. The summed E-state index contributed by atoms with van der Waals surface area (Å²) in [4.78, 5) is 12.2. The summed E-state index contributed by atoms with van der Waals surface area (Å²) < 4.78 is 11.7. The smallest absolute Gasteiger partial charge is 0.251 e. The third kappa shape index (κ3) is 3.94. The Kier molecular flexibility index (Phi) is 5.39. The second-order valence-corrected chi connectivity index (χ2v) is 7.11. The summed E-state index contributed by atoms with van der Waals surface area (Å²) in [5, 5.41) is 12.2. The predicted molar refractivity (Wildman–Crippen MR) is 100 cm³/mol. The molecular weight excluding hydrogens is 354 g/mol. The number of amides is 1. The second-order valence-electron chi connectivity index (χ2n) is 6.68. The van der Waals surface area contributed by atoms with Gasteiger partial charge in [-0.05, 0) is 36.8 Å². The fourth-order valence-corrected chi connectivity index (χ4v) is 3.41. The van der Waals surface area contributed by atoms with Gasteiger partial charge in [-0.2, -0.15) is 0 Å². The maximum atomic E-state index is 12.2. The van der Waals surface area contributed by atoms with Crippen LogP contribution >= 0.6 is 11.6 Å². The molecule has 138 valence electrons. The van der Waals surface area contributed by atoms with Gasteiger partial charge in [-0.1, -0.05) is 23.7 Å². The number of nitrogens with one attached hydrogen (secondary N) is 1. The van der Waals surface area contributed by atoms with Gasteiger partial charge in [-0.3, -0.25) is 4.79 Å². The number of rotatable bonds is 6. The normalized spacial score (nSPS) is 18.2. The average molecular weight is 376 g/mol. The Morgan fingerprint density at radius 3 is 2.73 bits per heavy atom. The highest BCUT2D eigenvalue weighted by molar-refractivity contribution is 6.30. The number of aliphatic hydroxyl groups is 1. The summed E-state index contributed by atoms with van der Waals surface area (Å²) in [7, 11) is 1.56. The number of ether oxygens (including phenoxy) is 2. The van der Waals surface area contributed by atoms with Crippen LogP contribution in [0.2, 0.25) is 5.02 Å². The summed E-state index contributed by atoms with van der Waals surface area (Å²) in [5.41, 5.74) is 2.14. The summed E-state index contributed by atoms with van der Waals surface area (Å²) in [5.74, 6) is 0.977. The molecule has 1 aliphatic heterocycles. The number of carbonyl (C=O) groups excluding carboxylic acids is 1. The lowest BCUT2D eigenvalue weighted by Crippen LogP contribution is -2.32. The highest BCUT2D eigenvalue weighted by Crippen LogP contribution is 2.44. The summed E-state index contributed by atoms with van der Waals surface area (Å²) in [6.45, 7) is 2.16. The molecule has 6 heteroatoms. The van der Waals surface area contributed by atoms with Gasteiger partial charge in [0.25, 0.3) is 5.91 Å². The van der Waals surface area contributed by atoms with E-state index in [9.17, 15) is 4.79 Å². The highest BCUT2D eigenvalue weighted by atomic mass is 35.5. The number of benzene rings is 2. The molecular formula is C20H22ClNO4. The van der Waals surface area contributed by atoms with Crippen molar-refractivity contribution in [2.75, 3.05) is 20.3 Å². The molecule has 26 heavy (non-hydrogen) atoms. The molecule has 0 saturated heterocycles. The van der Waals surface area contributed by atoms with Crippen LogP contribution in [-0.2, 0) is 12.8 Å². The first kappa shape index (κ1) is 18.5. The van der Waals surface area contributed by atoms with Gasteiger partial charge in [0.1, 0.15) is 5.60 Å². The largest absolute Gasteiger partial charge is 0.493 e. The zero-order chi connectivity index (χ0) is 18.7. The van der Waals surface area contributed by atoms with Crippen LogP contribution in [0, 0.1) is 0 Å². The van der Waals surface area contributed by atoms with Crippen LogP contribution in [0.1, 0.15) is 28.4 Å². The fraction of sp³-hybridized carbons (Fsp3) is 0.350. The van der Waals surface area contributed by atoms with E-state index >= 15 is 0 Å². The Bertz CT molecular complexity index is 806. The van der Waals surface area contributed by atoms with Gasteiger partial charge >= 0.3 is 0 Å². The second kappa shape index (κ2) is 7.56. The first-order valence-electron chi connectivity index (χ1n) is 8.47. The molecule has 2 aromatic carbocycles. The van der Waals surface area contributed by atoms with E-state index in [4.69, 9.17) is 26.2 Å². The van der Waals surface area contributed by atoms with E-state index in [0.717, 1.165) is 11.1 Å². The minimum Gasteiger partial charge on any atom is -0.493 e. The Morgan fingerprint density at radius 1 is 1.35 bits per heavy atom. The number of fused-ring (bicyclic) bond motifs is 1. The minimum atomic E-state index is -0.427. The van der Waals surface area contributed by atoms with Crippen LogP contribution in [-0.4, -0.2) is 36.9 Å². The molecule has 0 unspecified atom stereocenters. The van der Waals surface area contributed by atoms with Gasteiger partial charge in [0, 0.05) is 35.5 Å². The molecule has 2 N–H and O–H groups in total. The van der Waals surface area contributed by atoms with Gasteiger partial charge in [-0.25, -0.2) is 0 Å². The molecule has 0 fully saturated rings. The van der Waals surface area contributed by atoms with E-state index < -0.39 is 5.60 Å². The molecule has 0 saturated carbocycles. The molecule has 0 spiro atoms. The summed E-state index contributed by atoms with van der Waals surface area (Å²) in [6.07, 6.45) is 1.39. The fourth-order valence-electron chi connectivity index (χ4n) is 3.28. The van der Waals surface area contributed by atoms with Crippen molar-refractivity contribution < 1.29 is 19.4 Å². The van der Waals surface area contributed by atoms with Gasteiger partial charge < -0.3 is 19.9 Å². The standard InChI is InChI=1S/C20H22ClNO4/c1-20(11-13-3-5-16(21)6-4-13)12-15-9-14(19(24)22-7-8-23)10-17(25-2)18(15)26-20/h3-6,9-10,23H,7-8,11-12H2,1-2H3,(H,22,24)/t20-/m1/s1. The third-order valence-electron chi connectivity index (χ3n) is 4.42. The van der Waals surface area contributed by atoms with E-state index in [1.54, 1.807) is 13.2 Å². The highest BCUT2D eigenvalue weighted by Gasteiger charge is 2.37. The minimum absolute atomic E-state index is 0.101. The molecule has 5 nitrogen and oxygen atoms in total. The van der Waals surface area contributed by atoms with Crippen molar-refractivity contribution in [3.8, 4) is 11.5 Å². The van der Waals surface area contributed by atoms with Crippen molar-refractivity contribution in [3.63, 3.8) is 0 Å². The Labute approximate surface area is 157 Å². The molecule has 3 rings (SSSR count). The Balaban J connectivity index is 1.84. The Hall–Kier alpha value is -2.24. The average Bonchev–Trinajstić information content (AvgIpc) is 2.96. The zero-order valence-corrected chi connectivity index (χ0v) is 15.6. The lowest BCUT2D eigenvalue weighted by Gasteiger charge is -2.24. The number of halogens is 1. The van der Waals surface area contributed by atoms with Crippen molar-refractivity contribution in [3.05, 3.63) is 58.1 Å². The summed E-state index contributed by atoms with van der Waals surface area (Å²) in [6, 6.07) is 11.2. The molecule has 1 heterocycles. The number of carbonyl (C=O) groups is 1. The van der Waals surface area contributed by atoms with Crippen molar-refractivity contribution in [2.24, 2.45) is 0 Å². The van der Waals surface area contributed by atoms with Gasteiger partial charge in [-0.15, -0.1) is 0 Å². The van der Waals surface area contributed by atoms with E-state index in [2.05, 4.69) is 5.32 Å². The van der Waals surface area contributed by atoms with Gasteiger partial charge in [0.05, 0.1) is 13.7 Å². The van der Waals surface area contributed by atoms with Crippen LogP contribution in [0.3, 0.4) is 0 Å². The van der Waals surface area contributed by atoms with Gasteiger partial charge in [0.15, 0.2) is 11.5 Å². The van der Waals surface area contributed by atoms with Crippen LogP contribution in [0.25, 0.3) is 0 Å². The van der Waals surface area contributed by atoms with Crippen molar-refractivity contribution in [2.45, 2.75) is 25.4 Å². The van der Waals surface area contributed by atoms with Crippen LogP contribution in [0.5, 0.6) is 11.5 Å². The molecule has 2 aromatic rings. The lowest BCUT2D eigenvalue weighted by atomic mass is 9.91. The van der Waals surface area contributed by atoms with E-state index in [-0.39, 0.29) is 19.1 Å². The van der Waals surface area contributed by atoms with Crippen LogP contribution in [0.4, 0.5) is 0 Å². The van der Waals surface area contributed by atoms with Crippen LogP contribution < -0.4 is 14.8 Å². The topological polar surface area (TPSA) is 67.8 Å². The van der Waals surface area contributed by atoms with E-state index in [1.165, 1.54) is 0 Å². The number of methoxy groups -OCH3 is 1. The maximum absolute atomic E-state index is 12.2. The SMILES string of the molecule is COc1cc(C(=O)NCCO)cc2c1O[C@](C)(Cc1ccc(Cl)cc1)C2. The van der Waals surface area contributed by atoms with E-state index in [1.807, 2.05) is 37.3 Å². The maximum Gasteiger partial charge on any atom is 0.251 e. The molecule has 1 aliphatic rings. The number of aliphatic hydroxyl groups excluding tert-OH is 1. The van der Waals surface area contributed by atoms with Crippen molar-refractivity contribution in [1.29, 1.82) is 0 Å². The quantitative estimate of drug-likeness (QED) is 0.814. The first-order valence-corrected chi connectivity index (χ1v) is 8.85. The predicted octanol–water partition coefficient (Wildman–Crippen LogP) is 3.01. The summed E-state index contributed by atoms with van der Waals surface area (Å²) >= 11 is 5.96. The molecule has 0 aromatic heterocycles. The molecule has 0 radical (unpaired) electrons. The zero-order valence-electron chi connectivity index (χ0n) is 14.8. The number of hydrogen-bond acceptors (Lipinski definition) is 4. The molecule has 0 bridgehead atoms. The van der Waals surface area contributed by atoms with Crippen LogP contribution in [0.15, 0.2) is 36.4 Å². The lowest BCUT2D eigenvalue weighted by molar-refractivity contribution is 0.0944. The van der Waals surface area contributed by atoms with Gasteiger partial charge in [0.2, 0.25) is 0 Å². The Morgan fingerprint density at radius 2 is 2.08 bits per heavy atom.